The Kier molecular flexibility index (Phi) is 5.48. The van der Waals surface area contributed by atoms with E-state index >= 15 is 0 Å². The molecule has 0 unspecified atom stereocenters. The van der Waals surface area contributed by atoms with Gasteiger partial charge < -0.3 is 15.0 Å². The van der Waals surface area contributed by atoms with Gasteiger partial charge in [-0.3, -0.25) is 4.79 Å². The van der Waals surface area contributed by atoms with Crippen molar-refractivity contribution in [3.05, 3.63) is 48.0 Å². The first-order valence-electron chi connectivity index (χ1n) is 9.79. The zero-order valence-electron chi connectivity index (χ0n) is 16.3. The van der Waals surface area contributed by atoms with Crippen LogP contribution in [0.2, 0.25) is 0 Å². The zero-order valence-corrected chi connectivity index (χ0v) is 17.1. The highest BCUT2D eigenvalue weighted by Gasteiger charge is 2.27. The van der Waals surface area contributed by atoms with Crippen molar-refractivity contribution in [2.75, 3.05) is 29.9 Å². The second kappa shape index (κ2) is 8.19. The summed E-state index contributed by atoms with van der Waals surface area (Å²) in [5.41, 5.74) is 2.96. The summed E-state index contributed by atoms with van der Waals surface area (Å²) in [6, 6.07) is 13.9. The summed E-state index contributed by atoms with van der Waals surface area (Å²) in [5, 5.41) is 4.08. The number of ether oxygens (including phenoxy) is 1. The fourth-order valence-corrected chi connectivity index (χ4v) is 4.63. The molecule has 0 saturated carbocycles. The van der Waals surface area contributed by atoms with E-state index in [2.05, 4.69) is 10.2 Å². The Balaban J connectivity index is 1.48. The van der Waals surface area contributed by atoms with E-state index in [4.69, 9.17) is 9.72 Å². The second-order valence-corrected chi connectivity index (χ2v) is 8.16. The van der Waals surface area contributed by atoms with Gasteiger partial charge in [-0.05, 0) is 56.5 Å². The Morgan fingerprint density at radius 1 is 1.32 bits per heavy atom. The van der Waals surface area contributed by atoms with Crippen LogP contribution in [0.15, 0.2) is 42.5 Å². The molecule has 2 aromatic carbocycles. The fourth-order valence-electron chi connectivity index (χ4n) is 3.60. The van der Waals surface area contributed by atoms with Crippen molar-refractivity contribution in [2.24, 2.45) is 5.92 Å². The maximum atomic E-state index is 12.8. The van der Waals surface area contributed by atoms with Crippen molar-refractivity contribution in [3.8, 4) is 5.75 Å². The van der Waals surface area contributed by atoms with Crippen molar-refractivity contribution >= 4 is 38.3 Å². The van der Waals surface area contributed by atoms with Crippen LogP contribution < -0.4 is 15.0 Å². The van der Waals surface area contributed by atoms with Gasteiger partial charge in [-0.15, -0.1) is 0 Å². The molecule has 1 atom stereocenters. The Morgan fingerprint density at radius 2 is 2.18 bits per heavy atom. The summed E-state index contributed by atoms with van der Waals surface area (Å²) < 4.78 is 6.71. The number of amides is 1. The Morgan fingerprint density at radius 3 is 3.00 bits per heavy atom. The highest BCUT2D eigenvalue weighted by atomic mass is 32.1. The van der Waals surface area contributed by atoms with Gasteiger partial charge in [0.25, 0.3) is 0 Å². The number of anilines is 2. The fraction of sp³-hybridized carbons (Fsp3) is 0.364. The van der Waals surface area contributed by atoms with Gasteiger partial charge in [0.1, 0.15) is 5.75 Å². The van der Waals surface area contributed by atoms with Gasteiger partial charge in [0.05, 0.1) is 22.7 Å². The lowest BCUT2D eigenvalue weighted by molar-refractivity contribution is -0.120. The minimum absolute atomic E-state index is 0.0284. The average molecular weight is 396 g/mol. The van der Waals surface area contributed by atoms with E-state index in [1.54, 1.807) is 11.3 Å². The summed E-state index contributed by atoms with van der Waals surface area (Å²) >= 11 is 1.67. The number of aryl methyl sites for hydroxylation is 1. The molecule has 1 aliphatic heterocycles. The van der Waals surface area contributed by atoms with Gasteiger partial charge in [0, 0.05) is 18.8 Å². The van der Waals surface area contributed by atoms with Crippen LogP contribution in [0.4, 0.5) is 10.8 Å². The number of para-hydroxylation sites is 1. The maximum Gasteiger partial charge on any atom is 0.229 e. The van der Waals surface area contributed by atoms with Crippen LogP contribution in [0.25, 0.3) is 10.2 Å². The molecule has 3 aromatic rings. The van der Waals surface area contributed by atoms with E-state index in [0.29, 0.717) is 13.2 Å². The van der Waals surface area contributed by atoms with Crippen molar-refractivity contribution in [3.63, 3.8) is 0 Å². The number of hydrogen-bond acceptors (Lipinski definition) is 5. The molecule has 1 fully saturated rings. The van der Waals surface area contributed by atoms with Crippen LogP contribution in [-0.4, -0.2) is 30.6 Å². The van der Waals surface area contributed by atoms with Crippen LogP contribution in [0.5, 0.6) is 5.75 Å². The number of nitrogens with zero attached hydrogens (tertiary/aromatic N) is 2. The van der Waals surface area contributed by atoms with Crippen molar-refractivity contribution in [2.45, 2.75) is 26.7 Å². The van der Waals surface area contributed by atoms with Crippen LogP contribution in [-0.2, 0) is 4.79 Å². The number of carbonyl (C=O) groups excluding carboxylic acids is 1. The molecular formula is C22H25N3O2S. The third kappa shape index (κ3) is 3.97. The number of carbonyl (C=O) groups is 1. The van der Waals surface area contributed by atoms with Crippen LogP contribution in [0, 0.1) is 12.8 Å². The Bertz CT molecular complexity index is 985. The number of benzene rings is 2. The molecule has 0 bridgehead atoms. The molecule has 1 saturated heterocycles. The lowest BCUT2D eigenvalue weighted by Gasteiger charge is -2.31. The number of piperidine rings is 1. The van der Waals surface area contributed by atoms with Crippen molar-refractivity contribution in [1.29, 1.82) is 0 Å². The summed E-state index contributed by atoms with van der Waals surface area (Å²) in [7, 11) is 0. The lowest BCUT2D eigenvalue weighted by Crippen LogP contribution is -2.40. The first kappa shape index (κ1) is 18.7. The zero-order chi connectivity index (χ0) is 19.5. The Labute approximate surface area is 169 Å². The normalized spacial score (nSPS) is 16.9. The smallest absolute Gasteiger partial charge is 0.229 e. The molecule has 146 valence electrons. The van der Waals surface area contributed by atoms with E-state index < -0.39 is 0 Å². The second-order valence-electron chi connectivity index (χ2n) is 7.15. The predicted molar refractivity (Wildman–Crippen MR) is 116 cm³/mol. The van der Waals surface area contributed by atoms with E-state index in [-0.39, 0.29) is 11.8 Å². The van der Waals surface area contributed by atoms with Crippen LogP contribution >= 0.6 is 11.3 Å². The lowest BCUT2D eigenvalue weighted by atomic mass is 9.97. The molecular weight excluding hydrogens is 370 g/mol. The molecule has 1 aromatic heterocycles. The first-order valence-corrected chi connectivity index (χ1v) is 10.6. The first-order chi connectivity index (χ1) is 13.6. The average Bonchev–Trinajstić information content (AvgIpc) is 3.13. The SMILES string of the molecule is CCOc1ccc2nc(N3CCC[C@H](C(=O)Nc4ccccc4C)C3)sc2c1. The van der Waals surface area contributed by atoms with Gasteiger partial charge >= 0.3 is 0 Å². The number of aromatic nitrogens is 1. The molecule has 1 N–H and O–H groups in total. The summed E-state index contributed by atoms with van der Waals surface area (Å²) in [5.74, 6) is 0.942. The van der Waals surface area contributed by atoms with Gasteiger partial charge in [0.15, 0.2) is 5.13 Å². The van der Waals surface area contributed by atoms with Gasteiger partial charge in [-0.25, -0.2) is 4.98 Å². The molecule has 0 spiro atoms. The summed E-state index contributed by atoms with van der Waals surface area (Å²) in [6.45, 7) is 6.29. The van der Waals surface area contributed by atoms with Gasteiger partial charge in [-0.1, -0.05) is 29.5 Å². The van der Waals surface area contributed by atoms with E-state index in [1.165, 1.54) is 0 Å². The van der Waals surface area contributed by atoms with Gasteiger partial charge in [0.2, 0.25) is 5.91 Å². The highest BCUT2D eigenvalue weighted by molar-refractivity contribution is 7.22. The minimum atomic E-state index is -0.0284. The van der Waals surface area contributed by atoms with Gasteiger partial charge in [-0.2, -0.15) is 0 Å². The standard InChI is InChI=1S/C22H25N3O2S/c1-3-27-17-10-11-19-20(13-17)28-22(24-19)25-12-6-8-16(14-25)21(26)23-18-9-5-4-7-15(18)2/h4-5,7,9-11,13,16H,3,6,8,12,14H2,1-2H3,(H,23,26)/t16-/m0/s1. The number of nitrogens with one attached hydrogen (secondary N) is 1. The number of fused-ring (bicyclic) bond motifs is 1. The molecule has 0 radical (unpaired) electrons. The molecule has 4 rings (SSSR count). The maximum absolute atomic E-state index is 12.8. The van der Waals surface area contributed by atoms with Crippen LogP contribution in [0.3, 0.4) is 0 Å². The molecule has 28 heavy (non-hydrogen) atoms. The molecule has 5 nitrogen and oxygen atoms in total. The van der Waals surface area contributed by atoms with Crippen molar-refractivity contribution in [1.82, 2.24) is 4.98 Å². The molecule has 0 aliphatic carbocycles. The number of thiazole rings is 1. The quantitative estimate of drug-likeness (QED) is 0.670. The predicted octanol–water partition coefficient (Wildman–Crippen LogP) is 4.86. The highest BCUT2D eigenvalue weighted by Crippen LogP contribution is 2.33. The molecule has 1 aliphatic rings. The third-order valence-electron chi connectivity index (χ3n) is 5.13. The molecule has 6 heteroatoms. The molecule has 1 amide bonds. The van der Waals surface area contributed by atoms with Crippen LogP contribution in [0.1, 0.15) is 25.3 Å². The summed E-state index contributed by atoms with van der Waals surface area (Å²) in [6.07, 6.45) is 1.90. The largest absolute Gasteiger partial charge is 0.494 e. The number of rotatable bonds is 5. The minimum Gasteiger partial charge on any atom is -0.494 e. The third-order valence-corrected chi connectivity index (χ3v) is 6.20. The Hall–Kier alpha value is -2.60. The van der Waals surface area contributed by atoms with E-state index in [9.17, 15) is 4.79 Å². The van der Waals surface area contributed by atoms with E-state index in [1.807, 2.05) is 56.3 Å². The summed E-state index contributed by atoms with van der Waals surface area (Å²) in [4.78, 5) is 19.8. The molecule has 2 heterocycles. The number of hydrogen-bond donors (Lipinski definition) is 1. The van der Waals surface area contributed by atoms with Crippen molar-refractivity contribution < 1.29 is 9.53 Å². The topological polar surface area (TPSA) is 54.5 Å². The van der Waals surface area contributed by atoms with E-state index in [0.717, 1.165) is 51.7 Å². The monoisotopic (exact) mass is 395 g/mol.